The van der Waals surface area contributed by atoms with Crippen LogP contribution in [0.3, 0.4) is 0 Å². The van der Waals surface area contributed by atoms with Crippen LogP contribution in [-0.4, -0.2) is 23.1 Å². The van der Waals surface area contributed by atoms with Gasteiger partial charge in [0.1, 0.15) is 6.04 Å². The first-order valence-corrected chi connectivity index (χ1v) is 7.06. The van der Waals surface area contributed by atoms with Gasteiger partial charge in [-0.1, -0.05) is 24.3 Å². The molecule has 5 nitrogen and oxygen atoms in total. The molecule has 0 aliphatic heterocycles. The second-order valence-electron chi connectivity index (χ2n) is 4.65. The molecule has 0 radical (unpaired) electrons. The van der Waals surface area contributed by atoms with Crippen LogP contribution < -0.4 is 10.6 Å². The molecule has 0 spiro atoms. The Bertz CT molecular complexity index is 612. The van der Waals surface area contributed by atoms with Gasteiger partial charge < -0.3 is 15.7 Å². The number of aromatic nitrogens is 1. The molecule has 2 rings (SSSR count). The van der Waals surface area contributed by atoms with Crippen molar-refractivity contribution in [1.82, 2.24) is 4.98 Å². The summed E-state index contributed by atoms with van der Waals surface area (Å²) in [5.74, 6) is -1.07. The Morgan fingerprint density at radius 3 is 2.85 bits per heavy atom. The van der Waals surface area contributed by atoms with E-state index in [-0.39, 0.29) is 0 Å². The number of aliphatic carboxylic acids is 1. The number of nitrogens with zero attached hydrogens (tertiary/aromatic N) is 2. The Morgan fingerprint density at radius 2 is 2.20 bits per heavy atom. The minimum absolute atomic E-state index is 0.397. The number of hydrogen-bond donors (Lipinski definition) is 2. The molecular formula is C14H17N3O2S. The lowest BCUT2D eigenvalue weighted by Gasteiger charge is -2.17. The Labute approximate surface area is 121 Å². The maximum Gasteiger partial charge on any atom is 0.326 e. The third-order valence-electron chi connectivity index (χ3n) is 3.09. The van der Waals surface area contributed by atoms with Crippen LogP contribution in [0, 0.1) is 6.92 Å². The highest BCUT2D eigenvalue weighted by Gasteiger charge is 2.18. The number of nitrogens with two attached hydrogens (primary N) is 1. The van der Waals surface area contributed by atoms with E-state index in [9.17, 15) is 4.79 Å². The fourth-order valence-electron chi connectivity index (χ4n) is 1.83. The van der Waals surface area contributed by atoms with Crippen molar-refractivity contribution in [1.29, 1.82) is 0 Å². The molecule has 1 heterocycles. The van der Waals surface area contributed by atoms with Crippen molar-refractivity contribution in [2.24, 2.45) is 5.73 Å². The summed E-state index contributed by atoms with van der Waals surface area (Å²) in [7, 11) is 1.93. The second-order valence-corrected chi connectivity index (χ2v) is 5.49. The SMILES string of the molecule is Cc1ccccc1CN(C)c1nc(C(N)C(=O)O)cs1. The highest BCUT2D eigenvalue weighted by molar-refractivity contribution is 7.13. The van der Waals surface area contributed by atoms with E-state index >= 15 is 0 Å². The third-order valence-corrected chi connectivity index (χ3v) is 4.06. The molecule has 0 amide bonds. The molecular weight excluding hydrogens is 274 g/mol. The molecule has 3 N–H and O–H groups in total. The van der Waals surface area contributed by atoms with Gasteiger partial charge in [0, 0.05) is 19.0 Å². The number of thiazole rings is 1. The monoisotopic (exact) mass is 291 g/mol. The molecule has 0 fully saturated rings. The number of aryl methyl sites for hydroxylation is 1. The number of benzene rings is 1. The first-order chi connectivity index (χ1) is 9.49. The van der Waals surface area contributed by atoms with Crippen molar-refractivity contribution < 1.29 is 9.90 Å². The quantitative estimate of drug-likeness (QED) is 0.882. The molecule has 1 aromatic heterocycles. The summed E-state index contributed by atoms with van der Waals surface area (Å²) >= 11 is 1.40. The van der Waals surface area contributed by atoms with E-state index in [1.807, 2.05) is 24.1 Å². The summed E-state index contributed by atoms with van der Waals surface area (Å²) < 4.78 is 0. The fourth-order valence-corrected chi connectivity index (χ4v) is 2.66. The molecule has 20 heavy (non-hydrogen) atoms. The molecule has 106 valence electrons. The van der Waals surface area contributed by atoms with E-state index in [0.717, 1.165) is 11.7 Å². The fraction of sp³-hybridized carbons (Fsp3) is 0.286. The summed E-state index contributed by atoms with van der Waals surface area (Å²) in [5, 5.41) is 11.3. The van der Waals surface area contributed by atoms with Crippen LogP contribution in [0.25, 0.3) is 0 Å². The number of anilines is 1. The van der Waals surface area contributed by atoms with Gasteiger partial charge in [0.25, 0.3) is 0 Å². The minimum Gasteiger partial charge on any atom is -0.480 e. The summed E-state index contributed by atoms with van der Waals surface area (Å²) in [6.07, 6.45) is 0. The lowest BCUT2D eigenvalue weighted by molar-refractivity contribution is -0.138. The first kappa shape index (κ1) is 14.5. The lowest BCUT2D eigenvalue weighted by atomic mass is 10.1. The maximum absolute atomic E-state index is 10.8. The molecule has 1 unspecified atom stereocenters. The number of carboxylic acids is 1. The van der Waals surface area contributed by atoms with Gasteiger partial charge in [-0.15, -0.1) is 11.3 Å². The van der Waals surface area contributed by atoms with Crippen LogP contribution in [0.5, 0.6) is 0 Å². The number of hydrogen-bond acceptors (Lipinski definition) is 5. The molecule has 2 aromatic rings. The average molecular weight is 291 g/mol. The smallest absolute Gasteiger partial charge is 0.326 e. The highest BCUT2D eigenvalue weighted by atomic mass is 32.1. The van der Waals surface area contributed by atoms with Crippen LogP contribution in [0.15, 0.2) is 29.6 Å². The first-order valence-electron chi connectivity index (χ1n) is 6.18. The molecule has 1 aromatic carbocycles. The van der Waals surface area contributed by atoms with E-state index in [2.05, 4.69) is 24.0 Å². The maximum atomic E-state index is 10.8. The van der Waals surface area contributed by atoms with Crippen molar-refractivity contribution in [2.75, 3.05) is 11.9 Å². The van der Waals surface area contributed by atoms with Gasteiger partial charge in [0.15, 0.2) is 5.13 Å². The molecule has 1 atom stereocenters. The molecule has 0 aliphatic rings. The van der Waals surface area contributed by atoms with E-state index in [0.29, 0.717) is 5.69 Å². The average Bonchev–Trinajstić information content (AvgIpc) is 2.90. The zero-order chi connectivity index (χ0) is 14.7. The Balaban J connectivity index is 2.12. The standard InChI is InChI=1S/C14H17N3O2S/c1-9-5-3-4-6-10(9)7-17(2)14-16-11(8-20-14)12(15)13(18)19/h3-6,8,12H,7,15H2,1-2H3,(H,18,19). The van der Waals surface area contributed by atoms with Crippen molar-refractivity contribution in [3.05, 3.63) is 46.5 Å². The summed E-state index contributed by atoms with van der Waals surface area (Å²) in [5.41, 5.74) is 8.39. The van der Waals surface area contributed by atoms with Gasteiger partial charge in [0.2, 0.25) is 0 Å². The molecule has 0 saturated heterocycles. The highest BCUT2D eigenvalue weighted by Crippen LogP contribution is 2.24. The van der Waals surface area contributed by atoms with Gasteiger partial charge in [-0.2, -0.15) is 0 Å². The van der Waals surface area contributed by atoms with Crippen LogP contribution in [0.2, 0.25) is 0 Å². The van der Waals surface area contributed by atoms with Gasteiger partial charge in [-0.05, 0) is 18.1 Å². The van der Waals surface area contributed by atoms with Crippen molar-refractivity contribution in [3.63, 3.8) is 0 Å². The van der Waals surface area contributed by atoms with Gasteiger partial charge in [-0.3, -0.25) is 4.79 Å². The van der Waals surface area contributed by atoms with Crippen molar-refractivity contribution in [3.8, 4) is 0 Å². The van der Waals surface area contributed by atoms with Gasteiger partial charge >= 0.3 is 5.97 Å². The van der Waals surface area contributed by atoms with Crippen molar-refractivity contribution in [2.45, 2.75) is 19.5 Å². The predicted molar refractivity (Wildman–Crippen MR) is 80.0 cm³/mol. The number of carbonyl (C=O) groups is 1. The predicted octanol–water partition coefficient (Wildman–Crippen LogP) is 2.17. The molecule has 0 aliphatic carbocycles. The third kappa shape index (κ3) is 3.15. The van der Waals surface area contributed by atoms with E-state index in [4.69, 9.17) is 10.8 Å². The number of rotatable bonds is 5. The van der Waals surface area contributed by atoms with Gasteiger partial charge in [0.05, 0.1) is 5.69 Å². The zero-order valence-electron chi connectivity index (χ0n) is 11.4. The summed E-state index contributed by atoms with van der Waals surface area (Å²) in [6.45, 7) is 2.79. The topological polar surface area (TPSA) is 79.5 Å². The summed E-state index contributed by atoms with van der Waals surface area (Å²) in [6, 6.07) is 7.09. The van der Waals surface area contributed by atoms with Crippen LogP contribution in [0.1, 0.15) is 22.9 Å². The van der Waals surface area contributed by atoms with Crippen LogP contribution >= 0.6 is 11.3 Å². The van der Waals surface area contributed by atoms with Gasteiger partial charge in [-0.25, -0.2) is 4.98 Å². The molecule has 0 bridgehead atoms. The molecule has 6 heteroatoms. The van der Waals surface area contributed by atoms with Crippen molar-refractivity contribution >= 4 is 22.4 Å². The van der Waals surface area contributed by atoms with E-state index in [1.54, 1.807) is 5.38 Å². The van der Waals surface area contributed by atoms with Crippen LogP contribution in [0.4, 0.5) is 5.13 Å². The van der Waals surface area contributed by atoms with Crippen LogP contribution in [-0.2, 0) is 11.3 Å². The minimum atomic E-state index is -1.07. The normalized spacial score (nSPS) is 12.2. The van der Waals surface area contributed by atoms with E-state index < -0.39 is 12.0 Å². The second kappa shape index (κ2) is 6.02. The Hall–Kier alpha value is -1.92. The Morgan fingerprint density at radius 1 is 1.50 bits per heavy atom. The largest absolute Gasteiger partial charge is 0.480 e. The Kier molecular flexibility index (Phi) is 4.36. The zero-order valence-corrected chi connectivity index (χ0v) is 12.2. The molecule has 0 saturated carbocycles. The summed E-state index contributed by atoms with van der Waals surface area (Å²) in [4.78, 5) is 17.1. The number of carboxylic acid groups (broad SMARTS) is 1. The van der Waals surface area contributed by atoms with E-state index in [1.165, 1.54) is 22.5 Å². The lowest BCUT2D eigenvalue weighted by Crippen LogP contribution is -2.22.